The highest BCUT2D eigenvalue weighted by Crippen LogP contribution is 2.19. The number of benzene rings is 1. The Kier molecular flexibility index (Phi) is 5.04. The van der Waals surface area contributed by atoms with Crippen LogP contribution in [0.3, 0.4) is 0 Å². The van der Waals surface area contributed by atoms with E-state index in [0.717, 1.165) is 11.0 Å². The summed E-state index contributed by atoms with van der Waals surface area (Å²) in [5, 5.41) is 8.54. The lowest BCUT2D eigenvalue weighted by Gasteiger charge is -2.18. The molecule has 2 N–H and O–H groups in total. The van der Waals surface area contributed by atoms with Crippen molar-refractivity contribution in [3.8, 4) is 0 Å². The molecule has 0 aliphatic heterocycles. The Morgan fingerprint density at radius 3 is 2.11 bits per heavy atom. The van der Waals surface area contributed by atoms with Gasteiger partial charge < -0.3 is 5.21 Å². The van der Waals surface area contributed by atoms with Crippen molar-refractivity contribution in [1.82, 2.24) is 9.19 Å². The summed E-state index contributed by atoms with van der Waals surface area (Å²) in [6.45, 7) is 3.95. The standard InChI is InChI=1S/C10H16N2O5S2/c1-3-12(4-2)19(16,17)10-7-5-6-9(8-10)18(14,15)11-13/h5-8,11,13H,3-4H2,1-2H3. The molecule has 1 rings (SSSR count). The van der Waals surface area contributed by atoms with E-state index in [9.17, 15) is 16.8 Å². The number of nitrogens with one attached hydrogen (secondary N) is 1. The maximum atomic E-state index is 12.2. The molecule has 0 radical (unpaired) electrons. The molecule has 1 aromatic carbocycles. The van der Waals surface area contributed by atoms with Crippen LogP contribution >= 0.6 is 0 Å². The van der Waals surface area contributed by atoms with Gasteiger partial charge in [0.1, 0.15) is 0 Å². The van der Waals surface area contributed by atoms with Gasteiger partial charge >= 0.3 is 0 Å². The molecule has 0 bridgehead atoms. The third kappa shape index (κ3) is 3.31. The van der Waals surface area contributed by atoms with Gasteiger partial charge in [-0.15, -0.1) is 0 Å². The summed E-state index contributed by atoms with van der Waals surface area (Å²) in [7, 11) is -7.83. The van der Waals surface area contributed by atoms with Crippen molar-refractivity contribution >= 4 is 20.0 Å². The average Bonchev–Trinajstić information content (AvgIpc) is 2.40. The van der Waals surface area contributed by atoms with E-state index in [4.69, 9.17) is 5.21 Å². The lowest BCUT2D eigenvalue weighted by atomic mass is 10.4. The number of nitrogens with zero attached hydrogens (tertiary/aromatic N) is 1. The fourth-order valence-electron chi connectivity index (χ4n) is 1.57. The molecule has 0 aliphatic carbocycles. The quantitative estimate of drug-likeness (QED) is 0.740. The Bertz CT molecular complexity index is 636. The molecule has 1 aromatic rings. The number of hydrogen-bond acceptors (Lipinski definition) is 5. The molecule has 0 unspecified atom stereocenters. The first-order chi connectivity index (χ1) is 8.79. The molecule has 0 atom stereocenters. The van der Waals surface area contributed by atoms with Gasteiger partial charge in [-0.3, -0.25) is 0 Å². The molecule has 0 amide bonds. The predicted octanol–water partition coefficient (Wildman–Crippen LogP) is 0.385. The largest absolute Gasteiger partial charge is 0.302 e. The van der Waals surface area contributed by atoms with Crippen molar-refractivity contribution in [3.63, 3.8) is 0 Å². The minimum atomic E-state index is -4.10. The molecule has 0 saturated heterocycles. The number of rotatable bonds is 6. The second-order valence-corrected chi connectivity index (χ2v) is 7.26. The molecule has 0 saturated carbocycles. The van der Waals surface area contributed by atoms with E-state index in [1.807, 2.05) is 0 Å². The molecule has 108 valence electrons. The van der Waals surface area contributed by atoms with E-state index in [2.05, 4.69) is 0 Å². The Morgan fingerprint density at radius 2 is 1.63 bits per heavy atom. The molecule has 0 spiro atoms. The van der Waals surface area contributed by atoms with E-state index in [-0.39, 0.29) is 22.9 Å². The SMILES string of the molecule is CCN(CC)S(=O)(=O)c1cccc(S(=O)(=O)NO)c1. The van der Waals surface area contributed by atoms with E-state index in [1.165, 1.54) is 22.5 Å². The first kappa shape index (κ1) is 16.1. The molecule has 7 nitrogen and oxygen atoms in total. The van der Waals surface area contributed by atoms with Crippen LogP contribution in [0, 0.1) is 0 Å². The third-order valence-electron chi connectivity index (χ3n) is 2.58. The van der Waals surface area contributed by atoms with E-state index in [0.29, 0.717) is 0 Å². The molecule has 9 heteroatoms. The summed E-state index contributed by atoms with van der Waals surface area (Å²) in [6, 6.07) is 4.82. The van der Waals surface area contributed by atoms with Gasteiger partial charge in [-0.1, -0.05) is 24.8 Å². The van der Waals surface area contributed by atoms with Crippen LogP contribution in [0.15, 0.2) is 34.1 Å². The Hall–Kier alpha value is -1.00. The van der Waals surface area contributed by atoms with Gasteiger partial charge in [0.25, 0.3) is 10.0 Å². The van der Waals surface area contributed by atoms with Crippen molar-refractivity contribution in [2.45, 2.75) is 23.6 Å². The smallest absolute Gasteiger partial charge is 0.262 e. The van der Waals surface area contributed by atoms with Crippen molar-refractivity contribution in [2.75, 3.05) is 13.1 Å². The Labute approximate surface area is 112 Å². The van der Waals surface area contributed by atoms with Crippen molar-refractivity contribution < 1.29 is 22.0 Å². The minimum Gasteiger partial charge on any atom is -0.302 e. The zero-order chi connectivity index (χ0) is 14.7. The molecule has 0 fully saturated rings. The van der Waals surface area contributed by atoms with Crippen molar-refractivity contribution in [3.05, 3.63) is 24.3 Å². The topological polar surface area (TPSA) is 104 Å². The highest BCUT2D eigenvalue weighted by atomic mass is 32.2. The summed E-state index contributed by atoms with van der Waals surface area (Å²) in [5.41, 5.74) is 0. The monoisotopic (exact) mass is 308 g/mol. The van der Waals surface area contributed by atoms with Crippen LogP contribution in [0.5, 0.6) is 0 Å². The molecule has 0 aliphatic rings. The summed E-state index contributed by atoms with van der Waals surface area (Å²) >= 11 is 0. The van der Waals surface area contributed by atoms with Crippen molar-refractivity contribution in [2.24, 2.45) is 0 Å². The summed E-state index contributed by atoms with van der Waals surface area (Å²) in [6.07, 6.45) is 0. The average molecular weight is 308 g/mol. The normalized spacial score (nSPS) is 12.8. The van der Waals surface area contributed by atoms with Crippen LogP contribution in [0.2, 0.25) is 0 Å². The Morgan fingerprint density at radius 1 is 1.11 bits per heavy atom. The highest BCUT2D eigenvalue weighted by molar-refractivity contribution is 7.90. The van der Waals surface area contributed by atoms with Gasteiger partial charge in [-0.05, 0) is 18.2 Å². The van der Waals surface area contributed by atoms with Crippen LogP contribution in [-0.2, 0) is 20.0 Å². The van der Waals surface area contributed by atoms with E-state index in [1.54, 1.807) is 13.8 Å². The summed E-state index contributed by atoms with van der Waals surface area (Å²) in [4.78, 5) is 0.709. The van der Waals surface area contributed by atoms with Crippen molar-refractivity contribution in [1.29, 1.82) is 0 Å². The highest BCUT2D eigenvalue weighted by Gasteiger charge is 2.23. The van der Waals surface area contributed by atoms with Gasteiger partial charge in [0.05, 0.1) is 9.79 Å². The van der Waals surface area contributed by atoms with Crippen LogP contribution in [0.4, 0.5) is 0 Å². The van der Waals surface area contributed by atoms with Crippen LogP contribution in [0.1, 0.15) is 13.8 Å². The molecular weight excluding hydrogens is 292 g/mol. The molecule has 0 heterocycles. The number of hydrogen-bond donors (Lipinski definition) is 2. The van der Waals surface area contributed by atoms with Gasteiger partial charge in [0, 0.05) is 13.1 Å². The maximum Gasteiger partial charge on any atom is 0.262 e. The van der Waals surface area contributed by atoms with Crippen LogP contribution < -0.4 is 4.89 Å². The van der Waals surface area contributed by atoms with Gasteiger partial charge in [-0.25, -0.2) is 16.8 Å². The van der Waals surface area contributed by atoms with E-state index >= 15 is 0 Å². The van der Waals surface area contributed by atoms with Gasteiger partial charge in [0.15, 0.2) is 0 Å². The lowest BCUT2D eigenvalue weighted by Crippen LogP contribution is -2.30. The lowest BCUT2D eigenvalue weighted by molar-refractivity contribution is 0.242. The number of sulfonamides is 2. The maximum absolute atomic E-state index is 12.2. The molecule has 0 aromatic heterocycles. The van der Waals surface area contributed by atoms with Gasteiger partial charge in [-0.2, -0.15) is 4.31 Å². The fraction of sp³-hybridized carbons (Fsp3) is 0.400. The first-order valence-electron chi connectivity index (χ1n) is 5.55. The first-order valence-corrected chi connectivity index (χ1v) is 8.48. The second-order valence-electron chi connectivity index (χ2n) is 3.66. The third-order valence-corrected chi connectivity index (χ3v) is 5.74. The molecule has 19 heavy (non-hydrogen) atoms. The zero-order valence-electron chi connectivity index (χ0n) is 10.6. The summed E-state index contributed by atoms with van der Waals surface area (Å²) in [5.74, 6) is 0. The van der Waals surface area contributed by atoms with Gasteiger partial charge in [0.2, 0.25) is 10.0 Å². The second kappa shape index (κ2) is 5.97. The zero-order valence-corrected chi connectivity index (χ0v) is 12.2. The van der Waals surface area contributed by atoms with E-state index < -0.39 is 20.0 Å². The molecular formula is C10H16N2O5S2. The predicted molar refractivity (Wildman–Crippen MR) is 68.7 cm³/mol. The Balaban J connectivity index is 3.35. The van der Waals surface area contributed by atoms with Crippen LogP contribution in [-0.4, -0.2) is 39.4 Å². The fourth-order valence-corrected chi connectivity index (χ4v) is 3.79. The summed E-state index contributed by atoms with van der Waals surface area (Å²) < 4.78 is 48.5. The van der Waals surface area contributed by atoms with Crippen LogP contribution in [0.25, 0.3) is 0 Å². The minimum absolute atomic E-state index is 0.132.